The van der Waals surface area contributed by atoms with Crippen LogP contribution in [0, 0.1) is 27.0 Å². The predicted octanol–water partition coefficient (Wildman–Crippen LogP) is 6.16. The number of thiophene rings is 1. The molecule has 1 aromatic carbocycles. The number of aliphatic hydroxyl groups is 1. The minimum Gasteiger partial charge on any atom is -0.394 e. The standard InChI is InChI=1S/C27H37N5O5S/c1-20(2)32(9-11-34-13-15-36-17-18-37-16-14-35-12-10-33)23-7-8-24(21(3)19-23)30-31-27-25(28-5)22(4)26(29-6)38-27/h7-8,19-20,33H,9-18H2,1-4H3. The van der Waals surface area contributed by atoms with Gasteiger partial charge in [0.2, 0.25) is 10.7 Å². The molecule has 10 nitrogen and oxygen atoms in total. The summed E-state index contributed by atoms with van der Waals surface area (Å²) in [7, 11) is 0. The van der Waals surface area contributed by atoms with Gasteiger partial charge in [-0.25, -0.2) is 9.69 Å². The van der Waals surface area contributed by atoms with Crippen LogP contribution < -0.4 is 4.90 Å². The van der Waals surface area contributed by atoms with Crippen molar-refractivity contribution in [1.29, 1.82) is 0 Å². The van der Waals surface area contributed by atoms with Crippen LogP contribution in [0.25, 0.3) is 9.69 Å². The van der Waals surface area contributed by atoms with Crippen molar-refractivity contribution in [2.24, 2.45) is 10.2 Å². The molecule has 0 atom stereocenters. The fourth-order valence-electron chi connectivity index (χ4n) is 3.49. The molecule has 206 valence electrons. The summed E-state index contributed by atoms with van der Waals surface area (Å²) in [5, 5.41) is 18.2. The lowest BCUT2D eigenvalue weighted by atomic mass is 10.1. The number of ether oxygens (including phenoxy) is 4. The number of hydrogen-bond acceptors (Lipinski definition) is 9. The second-order valence-corrected chi connectivity index (χ2v) is 9.52. The van der Waals surface area contributed by atoms with Crippen LogP contribution in [0.4, 0.5) is 27.1 Å². The summed E-state index contributed by atoms with van der Waals surface area (Å²) < 4.78 is 21.8. The van der Waals surface area contributed by atoms with Crippen LogP contribution in [-0.2, 0) is 18.9 Å². The maximum atomic E-state index is 8.62. The van der Waals surface area contributed by atoms with Crippen LogP contribution in [0.3, 0.4) is 0 Å². The Balaban J connectivity index is 1.80. The van der Waals surface area contributed by atoms with Crippen molar-refractivity contribution in [2.45, 2.75) is 33.7 Å². The average Bonchev–Trinajstić information content (AvgIpc) is 3.22. The van der Waals surface area contributed by atoms with E-state index in [1.165, 1.54) is 11.3 Å². The highest BCUT2D eigenvalue weighted by molar-refractivity contribution is 7.20. The Morgan fingerprint density at radius 1 is 0.895 bits per heavy atom. The van der Waals surface area contributed by atoms with Crippen LogP contribution in [0.15, 0.2) is 28.4 Å². The summed E-state index contributed by atoms with van der Waals surface area (Å²) in [6.07, 6.45) is 0. The molecule has 0 aliphatic heterocycles. The molecule has 0 aliphatic carbocycles. The zero-order valence-corrected chi connectivity index (χ0v) is 23.4. The van der Waals surface area contributed by atoms with Crippen LogP contribution in [0.1, 0.15) is 25.0 Å². The van der Waals surface area contributed by atoms with Gasteiger partial charge in [0, 0.05) is 18.3 Å². The smallest absolute Gasteiger partial charge is 0.234 e. The Bertz CT molecular complexity index is 1110. The predicted molar refractivity (Wildman–Crippen MR) is 150 cm³/mol. The molecule has 0 amide bonds. The molecular weight excluding hydrogens is 506 g/mol. The average molecular weight is 544 g/mol. The summed E-state index contributed by atoms with van der Waals surface area (Å²) in [6, 6.07) is 6.29. The molecule has 11 heteroatoms. The van der Waals surface area contributed by atoms with Gasteiger partial charge in [-0.2, -0.15) is 10.2 Å². The lowest BCUT2D eigenvalue weighted by molar-refractivity contribution is -0.00494. The molecule has 2 rings (SSSR count). The van der Waals surface area contributed by atoms with Gasteiger partial charge in [-0.15, -0.1) is 11.3 Å². The second kappa shape index (κ2) is 17.6. The third kappa shape index (κ3) is 10.1. The molecule has 1 N–H and O–H groups in total. The molecule has 1 aromatic heterocycles. The summed E-state index contributed by atoms with van der Waals surface area (Å²) in [4.78, 5) is 9.26. The first-order chi connectivity index (χ1) is 18.4. The molecule has 0 bridgehead atoms. The maximum Gasteiger partial charge on any atom is 0.234 e. The van der Waals surface area contributed by atoms with E-state index in [1.807, 2.05) is 19.1 Å². The van der Waals surface area contributed by atoms with E-state index in [1.54, 1.807) is 6.92 Å². The monoisotopic (exact) mass is 543 g/mol. The Kier molecular flexibility index (Phi) is 14.5. The fraction of sp³-hybridized carbons (Fsp3) is 0.556. The SMILES string of the molecule is [C-]#[N+]c1sc(N=Nc2ccc(N(CCOCCOCCOCCOCCO)C(C)C)cc2C)c([N+]#[C-])c1C. The molecule has 2 aromatic rings. The zero-order chi connectivity index (χ0) is 27.8. The maximum absolute atomic E-state index is 8.62. The van der Waals surface area contributed by atoms with Crippen LogP contribution >= 0.6 is 11.3 Å². The van der Waals surface area contributed by atoms with Gasteiger partial charge in [-0.05, 0) is 50.1 Å². The lowest BCUT2D eigenvalue weighted by Crippen LogP contribution is -2.34. The van der Waals surface area contributed by atoms with Gasteiger partial charge in [-0.1, -0.05) is 6.92 Å². The minimum atomic E-state index is 0.0200. The van der Waals surface area contributed by atoms with Crippen molar-refractivity contribution in [3.05, 3.63) is 52.2 Å². The highest BCUT2D eigenvalue weighted by Gasteiger charge is 2.15. The van der Waals surface area contributed by atoms with E-state index in [2.05, 4.69) is 44.7 Å². The van der Waals surface area contributed by atoms with Gasteiger partial charge in [-0.3, -0.25) is 0 Å². The first kappa shape index (κ1) is 31.3. The Hall–Kier alpha value is -2.90. The van der Waals surface area contributed by atoms with Crippen molar-refractivity contribution in [3.63, 3.8) is 0 Å². The van der Waals surface area contributed by atoms with E-state index in [4.69, 9.17) is 37.2 Å². The van der Waals surface area contributed by atoms with Crippen molar-refractivity contribution >= 4 is 38.4 Å². The van der Waals surface area contributed by atoms with Crippen LogP contribution in [0.2, 0.25) is 0 Å². The molecule has 0 fully saturated rings. The Morgan fingerprint density at radius 3 is 2.03 bits per heavy atom. The van der Waals surface area contributed by atoms with Crippen LogP contribution in [0.5, 0.6) is 0 Å². The number of aryl methyl sites for hydroxylation is 1. The first-order valence-corrected chi connectivity index (χ1v) is 13.3. The van der Waals surface area contributed by atoms with Crippen molar-refractivity contribution in [3.8, 4) is 0 Å². The quantitative estimate of drug-likeness (QED) is 0.138. The normalized spacial score (nSPS) is 11.3. The number of rotatable bonds is 18. The number of anilines is 1. The highest BCUT2D eigenvalue weighted by atomic mass is 32.1. The molecule has 0 radical (unpaired) electrons. The van der Waals surface area contributed by atoms with Crippen LogP contribution in [-0.4, -0.2) is 77.2 Å². The van der Waals surface area contributed by atoms with Crippen molar-refractivity contribution in [1.82, 2.24) is 0 Å². The minimum absolute atomic E-state index is 0.0200. The van der Waals surface area contributed by atoms with E-state index in [0.717, 1.165) is 23.5 Å². The van der Waals surface area contributed by atoms with E-state index in [-0.39, 0.29) is 12.6 Å². The number of benzene rings is 1. The fourth-order valence-corrected chi connectivity index (χ4v) is 4.34. The van der Waals surface area contributed by atoms with Gasteiger partial charge < -0.3 is 29.0 Å². The number of nitrogens with zero attached hydrogens (tertiary/aromatic N) is 5. The van der Waals surface area contributed by atoms with Gasteiger partial charge >= 0.3 is 0 Å². The second-order valence-electron chi connectivity index (χ2n) is 8.54. The third-order valence-electron chi connectivity index (χ3n) is 5.50. The topological polar surface area (TPSA) is 93.8 Å². The van der Waals surface area contributed by atoms with E-state index in [9.17, 15) is 0 Å². The van der Waals surface area contributed by atoms with Gasteiger partial charge in [0.15, 0.2) is 0 Å². The number of hydrogen-bond donors (Lipinski definition) is 1. The largest absolute Gasteiger partial charge is 0.394 e. The number of azo groups is 1. The van der Waals surface area contributed by atoms with E-state index >= 15 is 0 Å². The molecule has 0 aliphatic rings. The molecular formula is C27H37N5O5S. The van der Waals surface area contributed by atoms with Crippen molar-refractivity contribution < 1.29 is 24.1 Å². The van der Waals surface area contributed by atoms with Crippen molar-refractivity contribution in [2.75, 3.05) is 70.9 Å². The summed E-state index contributed by atoms with van der Waals surface area (Å²) in [5.41, 5.74) is 3.81. The summed E-state index contributed by atoms with van der Waals surface area (Å²) in [6.45, 7) is 27.3. The molecule has 0 saturated carbocycles. The zero-order valence-electron chi connectivity index (χ0n) is 22.6. The van der Waals surface area contributed by atoms with E-state index < -0.39 is 0 Å². The molecule has 0 spiro atoms. The molecule has 0 saturated heterocycles. The molecule has 1 heterocycles. The van der Waals surface area contributed by atoms with Gasteiger partial charge in [0.25, 0.3) is 0 Å². The molecule has 0 unspecified atom stereocenters. The third-order valence-corrected chi connectivity index (χ3v) is 6.56. The first-order valence-electron chi connectivity index (χ1n) is 12.5. The lowest BCUT2D eigenvalue weighted by Gasteiger charge is -2.29. The number of aliphatic hydroxyl groups excluding tert-OH is 1. The van der Waals surface area contributed by atoms with Gasteiger partial charge in [0.05, 0.1) is 78.3 Å². The van der Waals surface area contributed by atoms with E-state index in [0.29, 0.717) is 74.1 Å². The Morgan fingerprint density at radius 2 is 1.50 bits per heavy atom. The van der Waals surface area contributed by atoms with Gasteiger partial charge in [0.1, 0.15) is 5.00 Å². The highest BCUT2D eigenvalue weighted by Crippen LogP contribution is 2.47. The molecule has 38 heavy (non-hydrogen) atoms. The summed E-state index contributed by atoms with van der Waals surface area (Å²) >= 11 is 1.19. The Labute approximate surface area is 229 Å². The summed E-state index contributed by atoms with van der Waals surface area (Å²) in [5.74, 6) is 0.